The molecule has 0 saturated heterocycles. The number of hydrogen-bond acceptors (Lipinski definition) is 3. The molecule has 3 heteroatoms. The molecule has 1 saturated carbocycles. The molecule has 3 nitrogen and oxygen atoms in total. The maximum absolute atomic E-state index is 12.3. The summed E-state index contributed by atoms with van der Waals surface area (Å²) in [5.41, 5.74) is 1.79. The summed E-state index contributed by atoms with van der Waals surface area (Å²) in [5, 5.41) is 9.91. The van der Waals surface area contributed by atoms with Gasteiger partial charge in [-0.15, -0.1) is 0 Å². The highest BCUT2D eigenvalue weighted by atomic mass is 16.3. The number of carbonyl (C=O) groups is 1. The SMILES string of the molecule is CN(C)c1ccc(C(=O)[C@@H]2CCCC[C@@H]2O)cc1. The Balaban J connectivity index is 2.13. The van der Waals surface area contributed by atoms with Gasteiger partial charge in [0.15, 0.2) is 5.78 Å². The van der Waals surface area contributed by atoms with Crippen LogP contribution in [0.4, 0.5) is 5.69 Å². The number of ketones is 1. The first-order valence-corrected chi connectivity index (χ1v) is 6.59. The maximum Gasteiger partial charge on any atom is 0.168 e. The van der Waals surface area contributed by atoms with Crippen LogP contribution < -0.4 is 4.90 Å². The van der Waals surface area contributed by atoms with Crippen LogP contribution in [0.3, 0.4) is 0 Å². The van der Waals surface area contributed by atoms with Crippen LogP contribution >= 0.6 is 0 Å². The van der Waals surface area contributed by atoms with Gasteiger partial charge >= 0.3 is 0 Å². The maximum atomic E-state index is 12.3. The Morgan fingerprint density at radius 3 is 2.33 bits per heavy atom. The van der Waals surface area contributed by atoms with Crippen molar-refractivity contribution in [2.24, 2.45) is 5.92 Å². The van der Waals surface area contributed by atoms with E-state index in [0.29, 0.717) is 5.56 Å². The molecule has 2 rings (SSSR count). The molecule has 1 aliphatic carbocycles. The Morgan fingerprint density at radius 1 is 1.17 bits per heavy atom. The van der Waals surface area contributed by atoms with Gasteiger partial charge < -0.3 is 10.0 Å². The number of nitrogens with zero attached hydrogens (tertiary/aromatic N) is 1. The van der Waals surface area contributed by atoms with E-state index in [-0.39, 0.29) is 11.7 Å². The second-order valence-electron chi connectivity index (χ2n) is 5.26. The molecular weight excluding hydrogens is 226 g/mol. The average Bonchev–Trinajstić information content (AvgIpc) is 2.38. The van der Waals surface area contributed by atoms with E-state index in [9.17, 15) is 9.90 Å². The predicted molar refractivity (Wildman–Crippen MR) is 73.1 cm³/mol. The van der Waals surface area contributed by atoms with E-state index in [1.54, 1.807) is 0 Å². The van der Waals surface area contributed by atoms with Crippen molar-refractivity contribution >= 4 is 11.5 Å². The van der Waals surface area contributed by atoms with Crippen molar-refractivity contribution in [1.29, 1.82) is 0 Å². The molecule has 2 atom stereocenters. The van der Waals surface area contributed by atoms with Crippen LogP contribution in [0.15, 0.2) is 24.3 Å². The second-order valence-corrected chi connectivity index (χ2v) is 5.26. The lowest BCUT2D eigenvalue weighted by Gasteiger charge is -2.26. The highest BCUT2D eigenvalue weighted by Crippen LogP contribution is 2.28. The summed E-state index contributed by atoms with van der Waals surface area (Å²) in [7, 11) is 3.95. The van der Waals surface area contributed by atoms with E-state index < -0.39 is 6.10 Å². The fraction of sp³-hybridized carbons (Fsp3) is 0.533. The summed E-state index contributed by atoms with van der Waals surface area (Å²) >= 11 is 0. The molecule has 0 unspecified atom stereocenters. The number of rotatable bonds is 3. The highest BCUT2D eigenvalue weighted by molar-refractivity contribution is 5.98. The van der Waals surface area contributed by atoms with E-state index in [0.717, 1.165) is 31.4 Å². The van der Waals surface area contributed by atoms with Crippen LogP contribution in [0.5, 0.6) is 0 Å². The molecule has 0 bridgehead atoms. The first kappa shape index (κ1) is 13.1. The van der Waals surface area contributed by atoms with Gasteiger partial charge in [-0.05, 0) is 37.1 Å². The van der Waals surface area contributed by atoms with Crippen molar-refractivity contribution in [2.45, 2.75) is 31.8 Å². The molecule has 98 valence electrons. The minimum Gasteiger partial charge on any atom is -0.392 e. The van der Waals surface area contributed by atoms with Gasteiger partial charge in [0, 0.05) is 31.3 Å². The van der Waals surface area contributed by atoms with E-state index in [4.69, 9.17) is 0 Å². The lowest BCUT2D eigenvalue weighted by Crippen LogP contribution is -2.31. The third-order valence-corrected chi connectivity index (χ3v) is 3.73. The van der Waals surface area contributed by atoms with Crippen LogP contribution in [0.25, 0.3) is 0 Å². The van der Waals surface area contributed by atoms with Gasteiger partial charge in [-0.2, -0.15) is 0 Å². The van der Waals surface area contributed by atoms with Crippen molar-refractivity contribution in [3.8, 4) is 0 Å². The van der Waals surface area contributed by atoms with Crippen LogP contribution in [0, 0.1) is 5.92 Å². The monoisotopic (exact) mass is 247 g/mol. The lowest BCUT2D eigenvalue weighted by atomic mass is 9.81. The fourth-order valence-corrected chi connectivity index (χ4v) is 2.56. The molecule has 1 fully saturated rings. The number of aliphatic hydroxyl groups excluding tert-OH is 1. The quantitative estimate of drug-likeness (QED) is 0.834. The Labute approximate surface area is 108 Å². The molecule has 1 aromatic rings. The number of aliphatic hydroxyl groups is 1. The number of hydrogen-bond donors (Lipinski definition) is 1. The summed E-state index contributed by atoms with van der Waals surface area (Å²) in [6, 6.07) is 7.61. The Bertz CT molecular complexity index is 411. The van der Waals surface area contributed by atoms with Crippen LogP contribution in [0.1, 0.15) is 36.0 Å². The second kappa shape index (κ2) is 5.53. The third kappa shape index (κ3) is 2.72. The molecule has 0 aromatic heterocycles. The molecule has 1 aliphatic rings. The van der Waals surface area contributed by atoms with Gasteiger partial charge in [0.1, 0.15) is 0 Å². The Hall–Kier alpha value is -1.35. The van der Waals surface area contributed by atoms with Crippen LogP contribution in [-0.4, -0.2) is 31.1 Å². The first-order valence-electron chi connectivity index (χ1n) is 6.59. The molecule has 0 amide bonds. The van der Waals surface area contributed by atoms with E-state index in [2.05, 4.69) is 0 Å². The number of Topliss-reactive ketones (excluding diaryl/α,β-unsaturated/α-hetero) is 1. The van der Waals surface area contributed by atoms with Gasteiger partial charge in [0.05, 0.1) is 6.10 Å². The standard InChI is InChI=1S/C15H21NO2/c1-16(2)12-9-7-11(8-10-12)15(18)13-5-3-4-6-14(13)17/h7-10,13-14,17H,3-6H2,1-2H3/t13-,14+/m1/s1. The van der Waals surface area contributed by atoms with Gasteiger partial charge in [0.2, 0.25) is 0 Å². The minimum absolute atomic E-state index is 0.0903. The van der Waals surface area contributed by atoms with Crippen LogP contribution in [-0.2, 0) is 0 Å². The third-order valence-electron chi connectivity index (χ3n) is 3.73. The molecule has 0 radical (unpaired) electrons. The number of carbonyl (C=O) groups excluding carboxylic acids is 1. The highest BCUT2D eigenvalue weighted by Gasteiger charge is 2.29. The van der Waals surface area contributed by atoms with Crippen molar-refractivity contribution in [1.82, 2.24) is 0 Å². The van der Waals surface area contributed by atoms with Gasteiger partial charge in [-0.1, -0.05) is 12.8 Å². The van der Waals surface area contributed by atoms with Crippen LogP contribution in [0.2, 0.25) is 0 Å². The first-order chi connectivity index (χ1) is 8.59. The Morgan fingerprint density at radius 2 is 1.78 bits per heavy atom. The number of anilines is 1. The van der Waals surface area contributed by atoms with Gasteiger partial charge in [-0.25, -0.2) is 0 Å². The fourth-order valence-electron chi connectivity index (χ4n) is 2.56. The predicted octanol–water partition coefficient (Wildman–Crippen LogP) is 2.49. The average molecular weight is 247 g/mol. The lowest BCUT2D eigenvalue weighted by molar-refractivity contribution is 0.0525. The van der Waals surface area contributed by atoms with Gasteiger partial charge in [-0.3, -0.25) is 4.79 Å². The molecule has 0 spiro atoms. The normalized spacial score (nSPS) is 23.7. The van der Waals surface area contributed by atoms with E-state index in [1.807, 2.05) is 43.3 Å². The molecular formula is C15H21NO2. The summed E-state index contributed by atoms with van der Waals surface area (Å²) in [5.74, 6) is -0.114. The minimum atomic E-state index is -0.459. The summed E-state index contributed by atoms with van der Waals surface area (Å²) < 4.78 is 0. The van der Waals surface area contributed by atoms with E-state index >= 15 is 0 Å². The zero-order valence-electron chi connectivity index (χ0n) is 11.1. The largest absolute Gasteiger partial charge is 0.392 e. The van der Waals surface area contributed by atoms with Crippen molar-refractivity contribution in [2.75, 3.05) is 19.0 Å². The van der Waals surface area contributed by atoms with Crippen molar-refractivity contribution < 1.29 is 9.90 Å². The molecule has 18 heavy (non-hydrogen) atoms. The molecule has 1 aromatic carbocycles. The van der Waals surface area contributed by atoms with E-state index in [1.165, 1.54) is 0 Å². The van der Waals surface area contributed by atoms with Crippen molar-refractivity contribution in [3.05, 3.63) is 29.8 Å². The Kier molecular flexibility index (Phi) is 4.02. The van der Waals surface area contributed by atoms with Crippen molar-refractivity contribution in [3.63, 3.8) is 0 Å². The summed E-state index contributed by atoms with van der Waals surface area (Å²) in [6.07, 6.45) is 3.19. The smallest absolute Gasteiger partial charge is 0.168 e. The number of benzene rings is 1. The molecule has 0 heterocycles. The molecule has 1 N–H and O–H groups in total. The summed E-state index contributed by atoms with van der Waals surface area (Å²) in [4.78, 5) is 14.3. The molecule has 0 aliphatic heterocycles. The zero-order valence-corrected chi connectivity index (χ0v) is 11.1. The van der Waals surface area contributed by atoms with Gasteiger partial charge in [0.25, 0.3) is 0 Å². The topological polar surface area (TPSA) is 40.5 Å². The zero-order chi connectivity index (χ0) is 13.1. The summed E-state index contributed by atoms with van der Waals surface area (Å²) in [6.45, 7) is 0.